The average Bonchev–Trinajstić information content (AvgIpc) is 3.00. The Morgan fingerprint density at radius 2 is 2.05 bits per heavy atom. The maximum absolute atomic E-state index is 12.1. The smallest absolute Gasteiger partial charge is 0.247 e. The van der Waals surface area contributed by atoms with Gasteiger partial charge >= 0.3 is 0 Å². The van der Waals surface area contributed by atoms with Gasteiger partial charge in [0.15, 0.2) is 11.7 Å². The molecule has 0 aromatic heterocycles. The molecule has 0 radical (unpaired) electrons. The molecule has 1 aliphatic heterocycles. The summed E-state index contributed by atoms with van der Waals surface area (Å²) in [6.45, 7) is 1.25. The Balaban J connectivity index is 2.06. The largest absolute Gasteiger partial charge is 0.341 e. The molecule has 0 aliphatic carbocycles. The molecule has 4 nitrogen and oxygen atoms in total. The van der Waals surface area contributed by atoms with Crippen LogP contribution in [-0.2, 0) is 9.59 Å². The first-order valence-electron chi connectivity index (χ1n) is 6.77. The molecule has 108 valence electrons. The molecule has 21 heavy (non-hydrogen) atoms. The van der Waals surface area contributed by atoms with Crippen LogP contribution in [0, 0.1) is 17.2 Å². The number of nitrogens with zero attached hydrogens (tertiary/aromatic N) is 2. The van der Waals surface area contributed by atoms with E-state index in [4.69, 9.17) is 16.9 Å². The lowest BCUT2D eigenvalue weighted by atomic mass is 10.0. The van der Waals surface area contributed by atoms with E-state index in [1.54, 1.807) is 35.2 Å². The third-order valence-corrected chi connectivity index (χ3v) is 3.60. The van der Waals surface area contributed by atoms with E-state index in [1.807, 2.05) is 6.07 Å². The van der Waals surface area contributed by atoms with Crippen LogP contribution in [0.2, 0.25) is 5.02 Å². The first-order chi connectivity index (χ1) is 10.1. The molecule has 5 heteroatoms. The monoisotopic (exact) mass is 302 g/mol. The molecule has 0 spiro atoms. The van der Waals surface area contributed by atoms with Gasteiger partial charge in [-0.15, -0.1) is 0 Å². The molecular weight excluding hydrogens is 288 g/mol. The highest BCUT2D eigenvalue weighted by Gasteiger charge is 2.30. The van der Waals surface area contributed by atoms with Crippen LogP contribution in [0.5, 0.6) is 0 Å². The summed E-state index contributed by atoms with van der Waals surface area (Å²) in [4.78, 5) is 25.7. The number of carbonyl (C=O) groups is 2. The summed E-state index contributed by atoms with van der Waals surface area (Å²) in [6, 6.07) is 8.80. The first kappa shape index (κ1) is 15.3. The molecule has 1 fully saturated rings. The van der Waals surface area contributed by atoms with Crippen LogP contribution in [0.25, 0.3) is 6.08 Å². The van der Waals surface area contributed by atoms with Crippen LogP contribution in [0.3, 0.4) is 0 Å². The molecule has 0 bridgehead atoms. The van der Waals surface area contributed by atoms with Crippen molar-refractivity contribution in [2.45, 2.75) is 12.8 Å². The van der Waals surface area contributed by atoms with E-state index < -0.39 is 17.6 Å². The number of benzene rings is 1. The van der Waals surface area contributed by atoms with Crippen molar-refractivity contribution in [3.05, 3.63) is 40.9 Å². The highest BCUT2D eigenvalue weighted by atomic mass is 35.5. The number of likely N-dealkylation sites (tertiary alicyclic amines) is 1. The number of amides is 1. The number of nitriles is 1. The van der Waals surface area contributed by atoms with Gasteiger partial charge in [0.25, 0.3) is 0 Å². The Hall–Kier alpha value is -2.12. The van der Waals surface area contributed by atoms with Crippen molar-refractivity contribution in [1.29, 1.82) is 5.26 Å². The zero-order chi connectivity index (χ0) is 15.2. The van der Waals surface area contributed by atoms with Crippen molar-refractivity contribution in [2.24, 2.45) is 5.92 Å². The number of rotatable bonds is 4. The quantitative estimate of drug-likeness (QED) is 0.634. The fraction of sp³-hybridized carbons (Fsp3) is 0.312. The van der Waals surface area contributed by atoms with Crippen LogP contribution >= 0.6 is 11.6 Å². The maximum atomic E-state index is 12.1. The van der Waals surface area contributed by atoms with Gasteiger partial charge in [0.1, 0.15) is 0 Å². The number of hydrogen-bond donors (Lipinski definition) is 0. The second kappa shape index (κ2) is 7.05. The summed E-state index contributed by atoms with van der Waals surface area (Å²) in [7, 11) is 0. The first-order valence-corrected chi connectivity index (χ1v) is 7.15. The van der Waals surface area contributed by atoms with Crippen LogP contribution in [0.4, 0.5) is 0 Å². The Labute approximate surface area is 128 Å². The predicted octanol–water partition coefficient (Wildman–Crippen LogP) is 2.68. The fourth-order valence-corrected chi connectivity index (χ4v) is 2.44. The summed E-state index contributed by atoms with van der Waals surface area (Å²) in [5.74, 6) is -2.14. The SMILES string of the molecule is N#C[C@@H](C(=O)/C=C\c1cccc(Cl)c1)C(=O)N1CCCC1. The molecule has 1 aromatic rings. The van der Waals surface area contributed by atoms with E-state index in [0.717, 1.165) is 18.4 Å². The van der Waals surface area contributed by atoms with Gasteiger partial charge in [-0.2, -0.15) is 5.26 Å². The van der Waals surface area contributed by atoms with Crippen molar-refractivity contribution in [2.75, 3.05) is 13.1 Å². The number of carbonyl (C=O) groups excluding carboxylic acids is 2. The minimum atomic E-state index is -1.25. The molecule has 1 heterocycles. The highest BCUT2D eigenvalue weighted by molar-refractivity contribution is 6.30. The van der Waals surface area contributed by atoms with Crippen molar-refractivity contribution < 1.29 is 9.59 Å². The number of hydrogen-bond acceptors (Lipinski definition) is 3. The lowest BCUT2D eigenvalue weighted by Crippen LogP contribution is -2.36. The molecule has 0 N–H and O–H groups in total. The normalized spacial score (nSPS) is 15.9. The van der Waals surface area contributed by atoms with Crippen molar-refractivity contribution in [1.82, 2.24) is 4.90 Å². The third kappa shape index (κ3) is 3.93. The molecule has 1 aromatic carbocycles. The van der Waals surface area contributed by atoms with Gasteiger partial charge in [-0.1, -0.05) is 29.8 Å². The van der Waals surface area contributed by atoms with E-state index in [1.165, 1.54) is 6.08 Å². The van der Waals surface area contributed by atoms with E-state index in [-0.39, 0.29) is 0 Å². The van der Waals surface area contributed by atoms with E-state index in [9.17, 15) is 9.59 Å². The molecule has 0 saturated carbocycles. The molecule has 1 amide bonds. The Bertz CT molecular complexity index is 613. The van der Waals surface area contributed by atoms with Gasteiger partial charge in [0, 0.05) is 18.1 Å². The zero-order valence-electron chi connectivity index (χ0n) is 11.5. The van der Waals surface area contributed by atoms with E-state index in [2.05, 4.69) is 0 Å². The van der Waals surface area contributed by atoms with Gasteiger partial charge < -0.3 is 4.90 Å². The minimum Gasteiger partial charge on any atom is -0.341 e. The van der Waals surface area contributed by atoms with Crippen molar-refractivity contribution in [3.8, 4) is 6.07 Å². The number of halogens is 1. The third-order valence-electron chi connectivity index (χ3n) is 3.37. The Morgan fingerprint density at radius 1 is 1.33 bits per heavy atom. The standard InChI is InChI=1S/C16H15ClN2O2/c17-13-5-3-4-12(10-13)6-7-15(20)14(11-18)16(21)19-8-1-2-9-19/h3-7,10,14H,1-2,8-9H2/b7-6-/t14-/m0/s1. The van der Waals surface area contributed by atoms with Gasteiger partial charge in [0.05, 0.1) is 6.07 Å². The van der Waals surface area contributed by atoms with Crippen LogP contribution < -0.4 is 0 Å². The Kier molecular flexibility index (Phi) is 5.13. The number of ketones is 1. The van der Waals surface area contributed by atoms with Crippen molar-refractivity contribution >= 4 is 29.4 Å². The topological polar surface area (TPSA) is 61.2 Å². The second-order valence-electron chi connectivity index (χ2n) is 4.89. The summed E-state index contributed by atoms with van der Waals surface area (Å²) in [5.41, 5.74) is 0.751. The number of allylic oxidation sites excluding steroid dienone is 1. The Morgan fingerprint density at radius 3 is 2.67 bits per heavy atom. The second-order valence-corrected chi connectivity index (χ2v) is 5.32. The van der Waals surface area contributed by atoms with E-state index in [0.29, 0.717) is 18.1 Å². The highest BCUT2D eigenvalue weighted by Crippen LogP contribution is 2.15. The summed E-state index contributed by atoms with van der Waals surface area (Å²) in [6.07, 6.45) is 4.69. The molecular formula is C16H15ClN2O2. The van der Waals surface area contributed by atoms with Crippen LogP contribution in [-0.4, -0.2) is 29.7 Å². The molecule has 0 unspecified atom stereocenters. The molecule has 1 saturated heterocycles. The molecule has 1 aliphatic rings. The van der Waals surface area contributed by atoms with Crippen LogP contribution in [0.1, 0.15) is 18.4 Å². The molecule has 2 rings (SSSR count). The predicted molar refractivity (Wildman–Crippen MR) is 80.4 cm³/mol. The van der Waals surface area contributed by atoms with E-state index >= 15 is 0 Å². The maximum Gasteiger partial charge on any atom is 0.247 e. The molecule has 1 atom stereocenters. The fourth-order valence-electron chi connectivity index (χ4n) is 2.25. The van der Waals surface area contributed by atoms with Gasteiger partial charge in [0.2, 0.25) is 5.91 Å². The van der Waals surface area contributed by atoms with Gasteiger partial charge in [-0.3, -0.25) is 9.59 Å². The van der Waals surface area contributed by atoms with Crippen molar-refractivity contribution in [3.63, 3.8) is 0 Å². The summed E-state index contributed by atoms with van der Waals surface area (Å²) >= 11 is 5.85. The van der Waals surface area contributed by atoms with Crippen LogP contribution in [0.15, 0.2) is 30.3 Å². The zero-order valence-corrected chi connectivity index (χ0v) is 12.2. The summed E-state index contributed by atoms with van der Waals surface area (Å²) < 4.78 is 0. The average molecular weight is 303 g/mol. The summed E-state index contributed by atoms with van der Waals surface area (Å²) in [5, 5.41) is 9.66. The van der Waals surface area contributed by atoms with Gasteiger partial charge in [-0.05, 0) is 36.6 Å². The van der Waals surface area contributed by atoms with Gasteiger partial charge in [-0.25, -0.2) is 0 Å². The lowest BCUT2D eigenvalue weighted by Gasteiger charge is -2.17. The minimum absolute atomic E-state index is 0.393. The lowest BCUT2D eigenvalue weighted by molar-refractivity contribution is -0.136.